The zero-order valence-corrected chi connectivity index (χ0v) is 21.8. The van der Waals surface area contributed by atoms with Crippen molar-refractivity contribution in [2.75, 3.05) is 5.32 Å². The third kappa shape index (κ3) is 5.55. The second-order valence-corrected chi connectivity index (χ2v) is 9.78. The Morgan fingerprint density at radius 1 is 1.00 bits per heavy atom. The number of carbonyl (C=O) groups is 2. The number of carboxylic acids is 1. The lowest BCUT2D eigenvalue weighted by molar-refractivity contribution is -0.286. The molecule has 2 aliphatic rings. The van der Waals surface area contributed by atoms with E-state index in [1.807, 2.05) is 0 Å². The molecule has 6 rings (SSSR count). The zero-order chi connectivity index (χ0) is 30.5. The van der Waals surface area contributed by atoms with Gasteiger partial charge in [-0.3, -0.25) is 4.79 Å². The van der Waals surface area contributed by atoms with E-state index in [1.165, 1.54) is 60.7 Å². The van der Waals surface area contributed by atoms with Crippen LogP contribution in [-0.4, -0.2) is 33.1 Å². The molecular weight excluding hydrogens is 581 g/mol. The number of amides is 1. The number of rotatable bonds is 6. The van der Waals surface area contributed by atoms with Gasteiger partial charge in [-0.1, -0.05) is 6.07 Å². The van der Waals surface area contributed by atoms with Gasteiger partial charge in [0.1, 0.15) is 11.9 Å². The predicted octanol–water partition coefficient (Wildman–Crippen LogP) is 6.62. The first-order valence-corrected chi connectivity index (χ1v) is 12.9. The van der Waals surface area contributed by atoms with Crippen LogP contribution in [0.3, 0.4) is 0 Å². The monoisotopic (exact) mass is 601 g/mol. The number of hydrogen-bond donors (Lipinski definition) is 2. The fraction of sp³-hybridized carbons (Fsp3) is 0.207. The molecule has 0 saturated heterocycles. The Morgan fingerprint density at radius 2 is 1.74 bits per heavy atom. The lowest BCUT2D eigenvalue weighted by Gasteiger charge is -2.26. The number of alkyl halides is 5. The lowest BCUT2D eigenvalue weighted by Crippen LogP contribution is -2.25. The Bertz CT molecular complexity index is 1740. The van der Waals surface area contributed by atoms with Crippen LogP contribution in [0.15, 0.2) is 66.7 Å². The van der Waals surface area contributed by atoms with Crippen LogP contribution in [0.25, 0.3) is 5.69 Å². The lowest BCUT2D eigenvalue weighted by atomic mass is 9.92. The second kappa shape index (κ2) is 10.3. The first-order valence-electron chi connectivity index (χ1n) is 12.9. The van der Waals surface area contributed by atoms with Crippen molar-refractivity contribution in [1.29, 1.82) is 0 Å². The van der Waals surface area contributed by atoms with E-state index in [1.54, 1.807) is 0 Å². The number of ether oxygens (including phenoxy) is 3. The number of hydrogen-bond acceptors (Lipinski definition) is 6. The van der Waals surface area contributed by atoms with Gasteiger partial charge >= 0.3 is 18.4 Å². The molecule has 1 aliphatic heterocycles. The molecule has 1 atom stereocenters. The summed E-state index contributed by atoms with van der Waals surface area (Å²) in [5, 5.41) is 15.6. The normalized spacial score (nSPS) is 16.8. The minimum absolute atomic E-state index is 0.0230. The highest BCUT2D eigenvalue weighted by molar-refractivity contribution is 6.04. The highest BCUT2D eigenvalue weighted by Crippen LogP contribution is 2.43. The molecule has 4 aromatic rings. The molecule has 0 fully saturated rings. The summed E-state index contributed by atoms with van der Waals surface area (Å²) in [6, 6.07) is 14.9. The number of carbonyl (C=O) groups excluding carboxylic acids is 1. The molecule has 1 aliphatic carbocycles. The summed E-state index contributed by atoms with van der Waals surface area (Å²) in [6.07, 6.45) is -8.59. The van der Waals surface area contributed by atoms with Crippen LogP contribution in [0.4, 0.5) is 27.6 Å². The molecule has 1 aromatic heterocycles. The topological polar surface area (TPSA) is 112 Å². The highest BCUT2D eigenvalue weighted by Gasteiger charge is 2.44. The van der Waals surface area contributed by atoms with Crippen LogP contribution in [0.5, 0.6) is 17.2 Å². The first-order chi connectivity index (χ1) is 20.4. The SMILES string of the molecule is O=C(O)c1ccc(OC2CCCc3c(C(F)(F)F)nn(-c4cccc(C(=O)Nc5ccc6c(c5)OC(F)(F)O6)c4)c32)cc1. The van der Waals surface area contributed by atoms with E-state index in [2.05, 4.69) is 19.9 Å². The van der Waals surface area contributed by atoms with Crippen LogP contribution in [0.2, 0.25) is 0 Å². The Labute approximate surface area is 239 Å². The fourth-order valence-electron chi connectivity index (χ4n) is 5.03. The van der Waals surface area contributed by atoms with Crippen LogP contribution in [0, 0.1) is 0 Å². The molecule has 0 saturated carbocycles. The molecule has 9 nitrogen and oxygen atoms in total. The number of aromatic nitrogens is 2. The average Bonchev–Trinajstić information content (AvgIpc) is 3.50. The predicted molar refractivity (Wildman–Crippen MR) is 139 cm³/mol. The van der Waals surface area contributed by atoms with Crippen molar-refractivity contribution in [3.8, 4) is 22.9 Å². The van der Waals surface area contributed by atoms with Gasteiger partial charge in [-0.15, -0.1) is 8.78 Å². The number of nitrogens with zero attached hydrogens (tertiary/aromatic N) is 2. The van der Waals surface area contributed by atoms with Gasteiger partial charge in [0.15, 0.2) is 17.2 Å². The Hall–Kier alpha value is -5.14. The number of anilines is 1. The van der Waals surface area contributed by atoms with E-state index in [9.17, 15) is 31.5 Å². The van der Waals surface area contributed by atoms with Gasteiger partial charge in [-0.2, -0.15) is 18.3 Å². The number of carboxylic acid groups (broad SMARTS) is 1. The van der Waals surface area contributed by atoms with Gasteiger partial charge < -0.3 is 24.6 Å². The minimum atomic E-state index is -4.76. The van der Waals surface area contributed by atoms with Gasteiger partial charge in [0.25, 0.3) is 5.91 Å². The maximum atomic E-state index is 14.1. The molecule has 2 N–H and O–H groups in total. The summed E-state index contributed by atoms with van der Waals surface area (Å²) < 4.78 is 84.8. The van der Waals surface area contributed by atoms with E-state index >= 15 is 0 Å². The Morgan fingerprint density at radius 3 is 2.47 bits per heavy atom. The van der Waals surface area contributed by atoms with Crippen molar-refractivity contribution in [2.24, 2.45) is 0 Å². The van der Waals surface area contributed by atoms with Crippen molar-refractivity contribution in [2.45, 2.75) is 37.8 Å². The summed E-state index contributed by atoms with van der Waals surface area (Å²) in [5.74, 6) is -2.02. The van der Waals surface area contributed by atoms with Gasteiger partial charge in [0, 0.05) is 22.9 Å². The minimum Gasteiger partial charge on any atom is -0.484 e. The van der Waals surface area contributed by atoms with E-state index in [-0.39, 0.29) is 57.4 Å². The summed E-state index contributed by atoms with van der Waals surface area (Å²) in [4.78, 5) is 24.2. The molecule has 0 spiro atoms. The fourth-order valence-corrected chi connectivity index (χ4v) is 5.03. The number of aromatic carboxylic acids is 1. The summed E-state index contributed by atoms with van der Waals surface area (Å²) >= 11 is 0. The quantitative estimate of drug-likeness (QED) is 0.239. The third-order valence-corrected chi connectivity index (χ3v) is 6.88. The molecule has 43 heavy (non-hydrogen) atoms. The molecule has 3 aromatic carbocycles. The summed E-state index contributed by atoms with van der Waals surface area (Å²) in [6.45, 7) is 0. The van der Waals surface area contributed by atoms with Crippen molar-refractivity contribution < 1.29 is 50.9 Å². The van der Waals surface area contributed by atoms with Crippen molar-refractivity contribution in [3.63, 3.8) is 0 Å². The van der Waals surface area contributed by atoms with Crippen molar-refractivity contribution in [3.05, 3.63) is 94.8 Å². The van der Waals surface area contributed by atoms with E-state index in [0.29, 0.717) is 12.8 Å². The number of benzene rings is 3. The van der Waals surface area contributed by atoms with Crippen LogP contribution in [-0.2, 0) is 12.6 Å². The standard InChI is InChI=1S/C29H20F5N3O6/c30-28(31,32)25-20-5-2-6-22(41-19-10-7-15(8-11-19)27(39)40)24(20)37(36-25)18-4-1-3-16(13-18)26(38)35-17-9-12-21-23(14-17)43-29(33,34)42-21/h1,3-4,7-14,22H,2,5-6H2,(H,35,38)(H,39,40). The molecule has 2 heterocycles. The molecule has 0 radical (unpaired) electrons. The zero-order valence-electron chi connectivity index (χ0n) is 21.8. The van der Waals surface area contributed by atoms with Gasteiger partial charge in [-0.25, -0.2) is 9.48 Å². The first kappa shape index (κ1) is 28.0. The molecular formula is C29H20F5N3O6. The van der Waals surface area contributed by atoms with E-state index < -0.39 is 36.1 Å². The molecule has 1 unspecified atom stereocenters. The number of fused-ring (bicyclic) bond motifs is 2. The summed E-state index contributed by atoms with van der Waals surface area (Å²) in [7, 11) is 0. The molecule has 14 heteroatoms. The van der Waals surface area contributed by atoms with Crippen molar-refractivity contribution in [1.82, 2.24) is 9.78 Å². The maximum Gasteiger partial charge on any atom is 0.586 e. The molecule has 1 amide bonds. The largest absolute Gasteiger partial charge is 0.586 e. The van der Waals surface area contributed by atoms with E-state index in [0.717, 1.165) is 10.7 Å². The van der Waals surface area contributed by atoms with Gasteiger partial charge in [0.2, 0.25) is 0 Å². The van der Waals surface area contributed by atoms with Gasteiger partial charge in [0.05, 0.1) is 16.9 Å². The van der Waals surface area contributed by atoms with Crippen molar-refractivity contribution >= 4 is 17.6 Å². The molecule has 0 bridgehead atoms. The van der Waals surface area contributed by atoms with Gasteiger partial charge in [-0.05, 0) is 73.9 Å². The number of nitrogens with one attached hydrogen (secondary N) is 1. The van der Waals surface area contributed by atoms with E-state index in [4.69, 9.17) is 9.84 Å². The average molecular weight is 601 g/mol. The number of halogens is 5. The van der Waals surface area contributed by atoms with Crippen LogP contribution < -0.4 is 19.5 Å². The van der Waals surface area contributed by atoms with Crippen LogP contribution >= 0.6 is 0 Å². The summed E-state index contributed by atoms with van der Waals surface area (Å²) in [5.41, 5.74) is -0.585. The highest BCUT2D eigenvalue weighted by atomic mass is 19.4. The van der Waals surface area contributed by atoms with Crippen LogP contribution in [0.1, 0.15) is 56.6 Å². The third-order valence-electron chi connectivity index (χ3n) is 6.88. The Kier molecular flexibility index (Phi) is 6.70. The second-order valence-electron chi connectivity index (χ2n) is 9.78. The maximum absolute atomic E-state index is 14.1. The smallest absolute Gasteiger partial charge is 0.484 e. The Balaban J connectivity index is 1.32. The molecule has 222 valence electrons.